The minimum atomic E-state index is 0.173. The molecule has 1 heterocycles. The van der Waals surface area contributed by atoms with Crippen LogP contribution in [0.2, 0.25) is 0 Å². The summed E-state index contributed by atoms with van der Waals surface area (Å²) in [5.41, 5.74) is 4.02. The number of rotatable bonds is 7. The minimum absolute atomic E-state index is 0.173. The second-order valence-electron chi connectivity index (χ2n) is 7.75. The predicted molar refractivity (Wildman–Crippen MR) is 112 cm³/mol. The van der Waals surface area contributed by atoms with Gasteiger partial charge in [-0.3, -0.25) is 5.01 Å². The zero-order valence-electron chi connectivity index (χ0n) is 16.4. The first kappa shape index (κ1) is 18.9. The molecule has 0 N–H and O–H groups in total. The third kappa shape index (κ3) is 5.55. The lowest BCUT2D eigenvalue weighted by Gasteiger charge is -2.24. The molecule has 4 nitrogen and oxygen atoms in total. The maximum absolute atomic E-state index is 4.31. The third-order valence-corrected chi connectivity index (χ3v) is 4.55. The topological polar surface area (TPSA) is 34.0 Å². The fraction of sp³-hybridized carbons (Fsp3) is 0.304. The zero-order chi connectivity index (χ0) is 19.1. The fourth-order valence-electron chi connectivity index (χ4n) is 2.93. The quantitative estimate of drug-likeness (QED) is 0.606. The zero-order valence-corrected chi connectivity index (χ0v) is 16.4. The number of aromatic nitrogens is 3. The van der Waals surface area contributed by atoms with Crippen molar-refractivity contribution in [2.45, 2.75) is 39.2 Å². The second kappa shape index (κ2) is 8.67. The van der Waals surface area contributed by atoms with Crippen molar-refractivity contribution in [3.63, 3.8) is 0 Å². The van der Waals surface area contributed by atoms with E-state index in [1.54, 1.807) is 12.7 Å². The van der Waals surface area contributed by atoms with Crippen LogP contribution in [-0.4, -0.2) is 21.4 Å². The molecular weight excluding hydrogens is 332 g/mol. The summed E-state index contributed by atoms with van der Waals surface area (Å²) in [6, 6.07) is 19.3. The molecule has 0 aliphatic carbocycles. The molecule has 2 aromatic carbocycles. The van der Waals surface area contributed by atoms with Crippen LogP contribution in [0.1, 0.15) is 43.9 Å². The molecule has 4 heteroatoms. The van der Waals surface area contributed by atoms with E-state index in [0.29, 0.717) is 0 Å². The Bertz CT molecular complexity index is 828. The monoisotopic (exact) mass is 360 g/mol. The number of nitrogens with zero attached hydrogens (tertiary/aromatic N) is 4. The molecule has 0 saturated heterocycles. The summed E-state index contributed by atoms with van der Waals surface area (Å²) in [6.45, 7) is 8.38. The Labute approximate surface area is 162 Å². The van der Waals surface area contributed by atoms with Gasteiger partial charge in [-0.15, -0.1) is 5.10 Å². The van der Waals surface area contributed by atoms with Crippen molar-refractivity contribution in [3.05, 3.63) is 90.0 Å². The average molecular weight is 361 g/mol. The van der Waals surface area contributed by atoms with E-state index in [2.05, 4.69) is 96.5 Å². The average Bonchev–Trinajstić information content (AvgIpc) is 3.19. The Morgan fingerprint density at radius 2 is 1.74 bits per heavy atom. The second-order valence-corrected chi connectivity index (χ2v) is 7.75. The summed E-state index contributed by atoms with van der Waals surface area (Å²) in [7, 11) is 0. The van der Waals surface area contributed by atoms with Crippen molar-refractivity contribution in [3.8, 4) is 0 Å². The van der Waals surface area contributed by atoms with Gasteiger partial charge in [0.25, 0.3) is 0 Å². The highest BCUT2D eigenvalue weighted by Crippen LogP contribution is 2.22. The molecule has 0 fully saturated rings. The Morgan fingerprint density at radius 3 is 2.37 bits per heavy atom. The van der Waals surface area contributed by atoms with Gasteiger partial charge in [0.2, 0.25) is 0 Å². The highest BCUT2D eigenvalue weighted by atomic mass is 15.7. The maximum Gasteiger partial charge on any atom is 0.139 e. The van der Waals surface area contributed by atoms with E-state index >= 15 is 0 Å². The first-order valence-corrected chi connectivity index (χ1v) is 9.43. The number of hydrogen-bond donors (Lipinski definition) is 0. The molecule has 0 bridgehead atoms. The van der Waals surface area contributed by atoms with Crippen molar-refractivity contribution >= 4 is 6.08 Å². The molecular formula is C23H28N4. The van der Waals surface area contributed by atoms with Crippen LogP contribution < -0.4 is 5.01 Å². The summed E-state index contributed by atoms with van der Waals surface area (Å²) in [5, 5.41) is 6.52. The molecule has 1 aromatic heterocycles. The molecule has 140 valence electrons. The molecule has 0 radical (unpaired) electrons. The van der Waals surface area contributed by atoms with Gasteiger partial charge in [0, 0.05) is 6.54 Å². The van der Waals surface area contributed by atoms with Crippen LogP contribution in [0.15, 0.2) is 73.3 Å². The Hall–Kier alpha value is -2.88. The Morgan fingerprint density at radius 1 is 1.00 bits per heavy atom. The summed E-state index contributed by atoms with van der Waals surface area (Å²) >= 11 is 0. The van der Waals surface area contributed by atoms with Crippen molar-refractivity contribution < 1.29 is 0 Å². The molecule has 27 heavy (non-hydrogen) atoms. The van der Waals surface area contributed by atoms with Crippen molar-refractivity contribution in [1.82, 2.24) is 14.9 Å². The number of benzene rings is 2. The normalized spacial score (nSPS) is 11.8. The van der Waals surface area contributed by atoms with Crippen molar-refractivity contribution in [1.29, 1.82) is 0 Å². The lowest BCUT2D eigenvalue weighted by molar-refractivity contribution is 0.526. The molecule has 0 amide bonds. The van der Waals surface area contributed by atoms with E-state index in [4.69, 9.17) is 0 Å². The fourth-order valence-corrected chi connectivity index (χ4v) is 2.93. The minimum Gasteiger partial charge on any atom is -0.291 e. The molecule has 0 saturated carbocycles. The molecule has 0 aliphatic heterocycles. The molecule has 0 aliphatic rings. The molecule has 0 spiro atoms. The third-order valence-electron chi connectivity index (χ3n) is 4.55. The van der Waals surface area contributed by atoms with Gasteiger partial charge in [0.05, 0.1) is 6.54 Å². The van der Waals surface area contributed by atoms with E-state index in [-0.39, 0.29) is 5.41 Å². The van der Waals surface area contributed by atoms with Gasteiger partial charge in [0.15, 0.2) is 0 Å². The lowest BCUT2D eigenvalue weighted by Crippen LogP contribution is -2.35. The van der Waals surface area contributed by atoms with Crippen LogP contribution in [0.5, 0.6) is 0 Å². The van der Waals surface area contributed by atoms with E-state index in [1.165, 1.54) is 16.7 Å². The van der Waals surface area contributed by atoms with Gasteiger partial charge in [-0.1, -0.05) is 87.5 Å². The summed E-state index contributed by atoms with van der Waals surface area (Å²) in [4.78, 5) is 5.93. The largest absolute Gasteiger partial charge is 0.291 e. The van der Waals surface area contributed by atoms with E-state index in [1.807, 2.05) is 10.9 Å². The van der Waals surface area contributed by atoms with Gasteiger partial charge in [-0.05, 0) is 28.5 Å². The van der Waals surface area contributed by atoms with Gasteiger partial charge in [0.1, 0.15) is 12.7 Å². The molecule has 0 unspecified atom stereocenters. The van der Waals surface area contributed by atoms with E-state index < -0.39 is 0 Å². The van der Waals surface area contributed by atoms with Gasteiger partial charge < -0.3 is 0 Å². The van der Waals surface area contributed by atoms with E-state index in [9.17, 15) is 0 Å². The van der Waals surface area contributed by atoms with Gasteiger partial charge >= 0.3 is 0 Å². The van der Waals surface area contributed by atoms with Crippen LogP contribution in [0.3, 0.4) is 0 Å². The van der Waals surface area contributed by atoms with Gasteiger partial charge in [-0.25, -0.2) is 4.98 Å². The summed E-state index contributed by atoms with van der Waals surface area (Å²) in [6.07, 6.45) is 8.65. The van der Waals surface area contributed by atoms with Crippen LogP contribution in [0, 0.1) is 0 Å². The maximum atomic E-state index is 4.31. The summed E-state index contributed by atoms with van der Waals surface area (Å²) in [5.74, 6) is 0. The summed E-state index contributed by atoms with van der Waals surface area (Å²) < 4.78 is 0. The van der Waals surface area contributed by atoms with Crippen molar-refractivity contribution in [2.24, 2.45) is 0 Å². The number of hydrogen-bond acceptors (Lipinski definition) is 3. The van der Waals surface area contributed by atoms with Gasteiger partial charge in [-0.2, -0.15) is 4.79 Å². The van der Waals surface area contributed by atoms with Crippen LogP contribution in [0.4, 0.5) is 0 Å². The smallest absolute Gasteiger partial charge is 0.139 e. The molecule has 3 aromatic rings. The highest BCUT2D eigenvalue weighted by molar-refractivity contribution is 5.48. The van der Waals surface area contributed by atoms with Crippen molar-refractivity contribution in [2.75, 3.05) is 11.6 Å². The van der Waals surface area contributed by atoms with E-state index in [0.717, 1.165) is 19.5 Å². The lowest BCUT2D eigenvalue weighted by atomic mass is 9.87. The van der Waals surface area contributed by atoms with Crippen LogP contribution in [0.25, 0.3) is 6.08 Å². The predicted octanol–water partition coefficient (Wildman–Crippen LogP) is 4.82. The Kier molecular flexibility index (Phi) is 6.07. The molecule has 0 atom stereocenters. The molecule has 3 rings (SSSR count). The van der Waals surface area contributed by atoms with Crippen LogP contribution in [-0.2, 0) is 12.0 Å². The highest BCUT2D eigenvalue weighted by Gasteiger charge is 2.13. The first-order chi connectivity index (χ1) is 13.0. The van der Waals surface area contributed by atoms with Crippen LogP contribution >= 0.6 is 0 Å². The SMILES string of the molecule is CC(C)(C)c1ccc(CN(CC/C=C/c2ccccc2)n2cncn2)cc1. The standard InChI is InChI=1S/C23H28N4/c1-23(2,3)22-14-12-21(13-15-22)17-26(27-19-24-18-25-27)16-8-7-11-20-9-5-4-6-10-20/h4-7,9-15,18-19H,8,16-17H2,1-3H3/b11-7+. The first-order valence-electron chi connectivity index (χ1n) is 9.43. The Balaban J connectivity index is 1.64.